The number of benzene rings is 2. The van der Waals surface area contributed by atoms with E-state index in [1.807, 2.05) is 44.8 Å². The van der Waals surface area contributed by atoms with Gasteiger partial charge in [0.15, 0.2) is 0 Å². The molecule has 42 heavy (non-hydrogen) atoms. The summed E-state index contributed by atoms with van der Waals surface area (Å²) in [6, 6.07) is 15.4. The molecule has 2 aromatic heterocycles. The highest BCUT2D eigenvalue weighted by Crippen LogP contribution is 2.43. The number of halogens is 2. The van der Waals surface area contributed by atoms with Crippen LogP contribution in [0.2, 0.25) is 5.04 Å². The Bertz CT molecular complexity index is 1810. The summed E-state index contributed by atoms with van der Waals surface area (Å²) in [5.74, 6) is -0.0184. The highest BCUT2D eigenvalue weighted by molar-refractivity contribution is 14.2. The number of aromatic nitrogens is 2. The molecule has 0 spiro atoms. The average Bonchev–Trinajstić information content (AvgIpc) is 3.61. The molecule has 3 radical (unpaired) electrons. The summed E-state index contributed by atoms with van der Waals surface area (Å²) in [4.78, 5) is 22.7. The molecule has 1 N–H and O–H groups in total. The highest BCUT2D eigenvalue weighted by atomic mass is 127. The van der Waals surface area contributed by atoms with Crippen LogP contribution in [0.1, 0.15) is 65.2 Å². The van der Waals surface area contributed by atoms with Gasteiger partial charge in [0.05, 0.1) is 17.3 Å². The van der Waals surface area contributed by atoms with Gasteiger partial charge in [-0.2, -0.15) is 0 Å². The molecule has 2 fully saturated rings. The summed E-state index contributed by atoms with van der Waals surface area (Å²) < 4.78 is 39.8. The van der Waals surface area contributed by atoms with E-state index in [0.717, 1.165) is 36.2 Å². The largest absolute Gasteiger partial charge is 0.371 e. The van der Waals surface area contributed by atoms with Crippen LogP contribution in [0.15, 0.2) is 60.9 Å². The number of hydrogen-bond acceptors (Lipinski definition) is 4. The number of amides is 1. The first kappa shape index (κ1) is 27.7. The molecule has 0 bridgehead atoms. The monoisotopic (exact) mass is 693 g/mol. The maximum absolute atomic E-state index is 15.6. The first-order valence-corrected chi connectivity index (χ1v) is 17.9. The summed E-state index contributed by atoms with van der Waals surface area (Å²) in [5, 5.41) is -0.540. The van der Waals surface area contributed by atoms with E-state index in [0.29, 0.717) is 48.8 Å². The lowest BCUT2D eigenvalue weighted by Crippen LogP contribution is -2.39. The molecule has 1 amide bonds. The van der Waals surface area contributed by atoms with Crippen molar-refractivity contribution in [3.63, 3.8) is 0 Å². The van der Waals surface area contributed by atoms with Gasteiger partial charge in [0.1, 0.15) is 11.5 Å². The number of hydrogen-bond donors (Lipinski definition) is 1. The van der Waals surface area contributed by atoms with Crippen LogP contribution in [0.4, 0.5) is 10.1 Å². The van der Waals surface area contributed by atoms with E-state index in [1.165, 1.54) is 21.2 Å². The van der Waals surface area contributed by atoms with Crippen molar-refractivity contribution in [1.29, 1.82) is 0 Å². The Labute approximate surface area is 254 Å². The fraction of sp³-hybridized carbons (Fsp3) is 0.344. The van der Waals surface area contributed by atoms with Crippen LogP contribution in [0.3, 0.4) is 0 Å². The number of carbonyl (C=O) groups is 1. The maximum atomic E-state index is 15.6. The third-order valence-corrected chi connectivity index (χ3v) is 11.8. The Morgan fingerprint density at radius 2 is 1.95 bits per heavy atom. The zero-order chi connectivity index (χ0) is 29.2. The van der Waals surface area contributed by atoms with Crippen LogP contribution in [-0.4, -0.2) is 57.5 Å². The maximum Gasteiger partial charge on any atom is 0.255 e. The normalized spacial score (nSPS) is 23.0. The molecule has 7 nitrogen and oxygen atoms in total. The second-order valence-electron chi connectivity index (χ2n) is 11.8. The van der Waals surface area contributed by atoms with Crippen molar-refractivity contribution in [3.05, 3.63) is 89.0 Å². The number of carbonyl (C=O) groups excluding carboxylic acids is 1. The third kappa shape index (κ3) is 5.07. The number of imidazole rings is 1. The topological polar surface area (TPSA) is 78.2 Å². The zero-order valence-electron chi connectivity index (χ0n) is 23.3. The zero-order valence-corrected chi connectivity index (χ0v) is 26.4. The van der Waals surface area contributed by atoms with E-state index >= 15 is 4.39 Å². The Hall–Kier alpha value is -3.09. The molecular formula is C32H31FIN4O3Si. The van der Waals surface area contributed by atoms with Crippen molar-refractivity contribution in [2.75, 3.05) is 24.5 Å². The molecule has 2 aliphatic heterocycles. The average molecular weight is 694 g/mol. The fourth-order valence-electron chi connectivity index (χ4n) is 6.51. The van der Waals surface area contributed by atoms with Crippen LogP contribution < -0.4 is 4.90 Å². The standard InChI is InChI=1S/C32H31FIN4O3Si/c1-20-25-5-3-2-4-21(25)10-12-38(20)31(39)23-14-27(22-6-7-22)30-35-29(17-37(30)16-23)26-9-8-24(15-28(26)33)36-13-11-32(42,19-36)18-34(40)41/h2-5,8-9,14-18,20,22H,6-7,10-13,19H2,1H3,(H,40,41)/t20-,32+/m1/s1. The highest BCUT2D eigenvalue weighted by Gasteiger charge is 2.34. The van der Waals surface area contributed by atoms with Crippen LogP contribution in [0.5, 0.6) is 0 Å². The van der Waals surface area contributed by atoms with E-state index in [4.69, 9.17) is 4.98 Å². The van der Waals surface area contributed by atoms with Crippen molar-refractivity contribution >= 4 is 51.2 Å². The number of anilines is 1. The van der Waals surface area contributed by atoms with Crippen molar-refractivity contribution < 1.29 is 15.7 Å². The SMILES string of the molecule is C[C@@H]1c2ccccc2CCN1C(=O)c1cc(C2CC2)c2nc(-c3ccc(N4CC[C@]([Si])(C=I(=O)O)C4)cc3F)cn2c1. The van der Waals surface area contributed by atoms with Gasteiger partial charge >= 0.3 is 0 Å². The van der Waals surface area contributed by atoms with Crippen LogP contribution in [-0.2, 0) is 9.49 Å². The second-order valence-corrected chi connectivity index (χ2v) is 14.9. The number of fused-ring (bicyclic) bond motifs is 2. The van der Waals surface area contributed by atoms with Crippen LogP contribution in [0, 0.1) is 5.82 Å². The van der Waals surface area contributed by atoms with E-state index in [-0.39, 0.29) is 17.8 Å². The van der Waals surface area contributed by atoms with Gasteiger partial charge in [-0.15, -0.1) is 0 Å². The minimum absolute atomic E-state index is 0.00432. The van der Waals surface area contributed by atoms with Gasteiger partial charge in [-0.1, -0.05) is 24.3 Å². The number of nitrogens with zero attached hydrogens (tertiary/aromatic N) is 4. The quantitative estimate of drug-likeness (QED) is 0.209. The first-order valence-electron chi connectivity index (χ1n) is 14.3. The predicted octanol–water partition coefficient (Wildman–Crippen LogP) is 5.88. The van der Waals surface area contributed by atoms with Gasteiger partial charge in [-0.25, -0.2) is 12.4 Å². The minimum Gasteiger partial charge on any atom is -0.371 e. The van der Waals surface area contributed by atoms with Crippen molar-refractivity contribution in [1.82, 2.24) is 14.3 Å². The molecule has 3 aliphatic rings. The molecule has 7 rings (SSSR count). The summed E-state index contributed by atoms with van der Waals surface area (Å²) in [6.07, 6.45) is 7.28. The summed E-state index contributed by atoms with van der Waals surface area (Å²) in [5.41, 5.74) is 6.59. The van der Waals surface area contributed by atoms with Crippen LogP contribution in [0.25, 0.3) is 16.9 Å². The summed E-state index contributed by atoms with van der Waals surface area (Å²) in [6.45, 7) is 3.91. The predicted molar refractivity (Wildman–Crippen MR) is 170 cm³/mol. The van der Waals surface area contributed by atoms with Crippen molar-refractivity contribution in [3.8, 4) is 11.3 Å². The fourth-order valence-corrected chi connectivity index (χ4v) is 8.97. The molecule has 10 heteroatoms. The molecule has 1 saturated carbocycles. The number of pyridine rings is 1. The molecule has 4 aromatic rings. The Balaban J connectivity index is 1.20. The van der Waals surface area contributed by atoms with E-state index in [1.54, 1.807) is 6.07 Å². The van der Waals surface area contributed by atoms with Gasteiger partial charge in [0.2, 0.25) is 19.7 Å². The smallest absolute Gasteiger partial charge is 0.255 e. The lowest BCUT2D eigenvalue weighted by atomic mass is 9.93. The summed E-state index contributed by atoms with van der Waals surface area (Å²) >= 11 is -3.26. The van der Waals surface area contributed by atoms with Crippen LogP contribution >= 0.6 is 19.7 Å². The van der Waals surface area contributed by atoms with E-state index < -0.39 is 24.8 Å². The molecular weight excluding hydrogens is 662 g/mol. The summed E-state index contributed by atoms with van der Waals surface area (Å²) in [7, 11) is 3.66. The lowest BCUT2D eigenvalue weighted by molar-refractivity contribution is 0.0677. The Morgan fingerprint density at radius 3 is 2.71 bits per heavy atom. The lowest BCUT2D eigenvalue weighted by Gasteiger charge is -2.35. The van der Waals surface area contributed by atoms with Crippen molar-refractivity contribution in [2.24, 2.45) is 0 Å². The Morgan fingerprint density at radius 1 is 1.14 bits per heavy atom. The molecule has 1 saturated heterocycles. The number of rotatable bonds is 5. The van der Waals surface area contributed by atoms with Gasteiger partial charge in [-0.3, -0.25) is 4.79 Å². The molecule has 0 unspecified atom stereocenters. The van der Waals surface area contributed by atoms with Gasteiger partial charge in [-0.05, 0) is 79.5 Å². The van der Waals surface area contributed by atoms with E-state index in [2.05, 4.69) is 35.4 Å². The van der Waals surface area contributed by atoms with Gasteiger partial charge in [0, 0.05) is 62.6 Å². The Kier molecular flexibility index (Phi) is 6.97. The molecule has 2 aromatic carbocycles. The first-order chi connectivity index (χ1) is 20.2. The third-order valence-electron chi connectivity index (χ3n) is 8.90. The van der Waals surface area contributed by atoms with Crippen molar-refractivity contribution in [2.45, 2.75) is 49.6 Å². The molecule has 2 atom stereocenters. The molecule has 4 heterocycles. The molecule has 1 aliphatic carbocycles. The minimum atomic E-state index is -3.26. The van der Waals surface area contributed by atoms with Gasteiger partial charge < -0.3 is 17.6 Å². The second kappa shape index (κ2) is 10.6. The molecule has 215 valence electrons. The van der Waals surface area contributed by atoms with Gasteiger partial charge in [0.25, 0.3) is 5.91 Å². The van der Waals surface area contributed by atoms with E-state index in [9.17, 15) is 11.3 Å².